The summed E-state index contributed by atoms with van der Waals surface area (Å²) in [6.45, 7) is 1.70. The molecule has 7 heteroatoms. The smallest absolute Gasteiger partial charge is 0.255 e. The molecule has 0 radical (unpaired) electrons. The van der Waals surface area contributed by atoms with E-state index in [0.29, 0.717) is 34.1 Å². The van der Waals surface area contributed by atoms with Crippen molar-refractivity contribution in [2.24, 2.45) is 5.73 Å². The highest BCUT2D eigenvalue weighted by Crippen LogP contribution is 2.40. The summed E-state index contributed by atoms with van der Waals surface area (Å²) in [5, 5.41) is 0. The van der Waals surface area contributed by atoms with Crippen LogP contribution in [0.3, 0.4) is 0 Å². The summed E-state index contributed by atoms with van der Waals surface area (Å²) < 4.78 is 21.7. The van der Waals surface area contributed by atoms with Crippen LogP contribution >= 0.6 is 0 Å². The maximum Gasteiger partial charge on any atom is 0.255 e. The Labute approximate surface area is 148 Å². The minimum atomic E-state index is -0.578. The molecule has 2 aliphatic rings. The first kappa shape index (κ1) is 16.0. The van der Waals surface area contributed by atoms with Crippen molar-refractivity contribution in [1.29, 1.82) is 0 Å². The van der Waals surface area contributed by atoms with Crippen LogP contribution in [0.1, 0.15) is 21.5 Å². The molecule has 0 unspecified atom stereocenters. The molecule has 0 atom stereocenters. The maximum atomic E-state index is 12.6. The van der Waals surface area contributed by atoms with E-state index < -0.39 is 5.91 Å². The fourth-order valence-corrected chi connectivity index (χ4v) is 2.83. The molecule has 26 heavy (non-hydrogen) atoms. The van der Waals surface area contributed by atoms with Gasteiger partial charge in [0.15, 0.2) is 23.9 Å². The fraction of sp³-hybridized carbons (Fsp3) is 0.158. The van der Waals surface area contributed by atoms with Gasteiger partial charge in [0, 0.05) is 5.56 Å². The van der Waals surface area contributed by atoms with Gasteiger partial charge in [0.05, 0.1) is 5.56 Å². The van der Waals surface area contributed by atoms with Crippen molar-refractivity contribution in [3.05, 3.63) is 52.8 Å². The highest BCUT2D eigenvalue weighted by molar-refractivity contribution is 6.15. The number of hydrogen-bond acceptors (Lipinski definition) is 6. The lowest BCUT2D eigenvalue weighted by atomic mass is 10.1. The van der Waals surface area contributed by atoms with Crippen molar-refractivity contribution < 1.29 is 28.5 Å². The second-order valence-electron chi connectivity index (χ2n) is 5.87. The van der Waals surface area contributed by atoms with Crippen LogP contribution in [0.2, 0.25) is 0 Å². The standard InChI is InChI=1S/C19H15NO6/c1-10-13(23-8-17(20)21)5-3-12-18(22)16(26-19(10)12)7-11-2-4-14-15(6-11)25-9-24-14/h2-7H,8-9H2,1H3,(H2,20,21)/b16-7-. The quantitative estimate of drug-likeness (QED) is 0.847. The number of nitrogens with two attached hydrogens (primary N) is 1. The van der Waals surface area contributed by atoms with Crippen molar-refractivity contribution in [2.75, 3.05) is 13.4 Å². The minimum Gasteiger partial charge on any atom is -0.483 e. The topological polar surface area (TPSA) is 97.1 Å². The Kier molecular flexibility index (Phi) is 3.76. The number of carbonyl (C=O) groups is 2. The van der Waals surface area contributed by atoms with E-state index in [0.717, 1.165) is 5.56 Å². The molecule has 2 N–H and O–H groups in total. The zero-order valence-electron chi connectivity index (χ0n) is 13.9. The van der Waals surface area contributed by atoms with Crippen LogP contribution in [0.4, 0.5) is 0 Å². The summed E-state index contributed by atoms with van der Waals surface area (Å²) in [5.74, 6) is 1.56. The average molecular weight is 353 g/mol. The first-order valence-corrected chi connectivity index (χ1v) is 7.91. The molecular weight excluding hydrogens is 338 g/mol. The summed E-state index contributed by atoms with van der Waals surface area (Å²) in [6.07, 6.45) is 1.65. The van der Waals surface area contributed by atoms with Crippen LogP contribution < -0.4 is 24.7 Å². The molecule has 132 valence electrons. The number of ether oxygens (including phenoxy) is 4. The van der Waals surface area contributed by atoms with Gasteiger partial charge in [0.2, 0.25) is 12.6 Å². The number of allylic oxidation sites excluding steroid dienone is 1. The fourth-order valence-electron chi connectivity index (χ4n) is 2.83. The summed E-state index contributed by atoms with van der Waals surface area (Å²) in [4.78, 5) is 23.5. The van der Waals surface area contributed by atoms with Gasteiger partial charge in [-0.15, -0.1) is 0 Å². The van der Waals surface area contributed by atoms with Crippen LogP contribution in [-0.4, -0.2) is 25.1 Å². The number of carbonyl (C=O) groups excluding carboxylic acids is 2. The Morgan fingerprint density at radius 1 is 1.23 bits per heavy atom. The molecule has 0 saturated heterocycles. The van der Waals surface area contributed by atoms with Crippen LogP contribution in [0, 0.1) is 6.92 Å². The molecule has 7 nitrogen and oxygen atoms in total. The third-order valence-corrected chi connectivity index (χ3v) is 4.10. The zero-order valence-corrected chi connectivity index (χ0v) is 13.9. The van der Waals surface area contributed by atoms with E-state index in [1.54, 1.807) is 37.3 Å². The highest BCUT2D eigenvalue weighted by Gasteiger charge is 2.30. The Balaban J connectivity index is 1.63. The van der Waals surface area contributed by atoms with Gasteiger partial charge in [-0.2, -0.15) is 0 Å². The number of ketones is 1. The van der Waals surface area contributed by atoms with Crippen molar-refractivity contribution in [3.63, 3.8) is 0 Å². The number of fused-ring (bicyclic) bond motifs is 2. The summed E-state index contributed by atoms with van der Waals surface area (Å²) in [7, 11) is 0. The lowest BCUT2D eigenvalue weighted by Gasteiger charge is -2.09. The van der Waals surface area contributed by atoms with Gasteiger partial charge in [-0.1, -0.05) is 6.07 Å². The van der Waals surface area contributed by atoms with E-state index >= 15 is 0 Å². The Morgan fingerprint density at radius 2 is 2.04 bits per heavy atom. The van der Waals surface area contributed by atoms with Gasteiger partial charge >= 0.3 is 0 Å². The lowest BCUT2D eigenvalue weighted by molar-refractivity contribution is -0.119. The molecule has 4 rings (SSSR count). The van der Waals surface area contributed by atoms with Crippen molar-refractivity contribution in [2.45, 2.75) is 6.92 Å². The second kappa shape index (κ2) is 6.11. The molecule has 2 aliphatic heterocycles. The van der Waals surface area contributed by atoms with Gasteiger partial charge in [-0.05, 0) is 42.8 Å². The van der Waals surface area contributed by atoms with Crippen molar-refractivity contribution in [3.8, 4) is 23.0 Å². The van der Waals surface area contributed by atoms with Gasteiger partial charge in [-0.25, -0.2) is 0 Å². The summed E-state index contributed by atoms with van der Waals surface area (Å²) >= 11 is 0. The SMILES string of the molecule is Cc1c(OCC(N)=O)ccc2c1O/C(=C\c1ccc3c(c1)OCO3)C2=O. The predicted octanol–water partition coefficient (Wildman–Crippen LogP) is 2.20. The lowest BCUT2D eigenvalue weighted by Crippen LogP contribution is -2.20. The third-order valence-electron chi connectivity index (χ3n) is 4.10. The normalized spacial score (nSPS) is 15.7. The molecular formula is C19H15NO6. The molecule has 2 aromatic carbocycles. The molecule has 2 heterocycles. The molecule has 0 bridgehead atoms. The number of primary amides is 1. The highest BCUT2D eigenvalue weighted by atomic mass is 16.7. The molecule has 2 aromatic rings. The van der Waals surface area contributed by atoms with E-state index in [1.165, 1.54) is 0 Å². The monoisotopic (exact) mass is 353 g/mol. The second-order valence-corrected chi connectivity index (χ2v) is 5.87. The van der Waals surface area contributed by atoms with Crippen LogP contribution in [0.15, 0.2) is 36.1 Å². The zero-order chi connectivity index (χ0) is 18.3. The largest absolute Gasteiger partial charge is 0.483 e. The predicted molar refractivity (Wildman–Crippen MR) is 91.4 cm³/mol. The average Bonchev–Trinajstić information content (AvgIpc) is 3.20. The third kappa shape index (κ3) is 2.73. The molecule has 0 spiro atoms. The molecule has 0 aromatic heterocycles. The van der Waals surface area contributed by atoms with Gasteiger partial charge in [0.1, 0.15) is 11.5 Å². The first-order chi connectivity index (χ1) is 12.5. The number of rotatable bonds is 4. The molecule has 1 amide bonds. The summed E-state index contributed by atoms with van der Waals surface area (Å²) in [5.41, 5.74) is 6.93. The van der Waals surface area contributed by atoms with Crippen molar-refractivity contribution in [1.82, 2.24) is 0 Å². The van der Waals surface area contributed by atoms with Crippen molar-refractivity contribution >= 4 is 17.8 Å². The van der Waals surface area contributed by atoms with Crippen LogP contribution in [0.25, 0.3) is 6.08 Å². The Hall–Kier alpha value is -3.48. The maximum absolute atomic E-state index is 12.6. The Morgan fingerprint density at radius 3 is 2.85 bits per heavy atom. The van der Waals surface area contributed by atoms with Crippen LogP contribution in [0.5, 0.6) is 23.0 Å². The minimum absolute atomic E-state index is 0.184. The molecule has 0 saturated carbocycles. The number of amides is 1. The van der Waals surface area contributed by atoms with Gasteiger partial charge in [0.25, 0.3) is 5.91 Å². The van der Waals surface area contributed by atoms with E-state index in [2.05, 4.69) is 0 Å². The van der Waals surface area contributed by atoms with E-state index in [-0.39, 0.29) is 24.9 Å². The number of benzene rings is 2. The van der Waals surface area contributed by atoms with E-state index in [9.17, 15) is 9.59 Å². The Bertz CT molecular complexity index is 963. The summed E-state index contributed by atoms with van der Waals surface area (Å²) in [6, 6.07) is 8.61. The van der Waals surface area contributed by atoms with Gasteiger partial charge < -0.3 is 24.7 Å². The van der Waals surface area contributed by atoms with Crippen LogP contribution in [-0.2, 0) is 4.79 Å². The first-order valence-electron chi connectivity index (χ1n) is 7.91. The molecule has 0 fully saturated rings. The number of hydrogen-bond donors (Lipinski definition) is 1. The van der Waals surface area contributed by atoms with E-state index in [1.807, 2.05) is 6.07 Å². The van der Waals surface area contributed by atoms with E-state index in [4.69, 9.17) is 24.7 Å². The molecule has 0 aliphatic carbocycles. The number of Topliss-reactive ketones (excluding diaryl/α,β-unsaturated/α-hetero) is 1. The van der Waals surface area contributed by atoms with Gasteiger partial charge in [-0.3, -0.25) is 9.59 Å².